The van der Waals surface area contributed by atoms with Crippen molar-refractivity contribution in [1.29, 1.82) is 0 Å². The van der Waals surface area contributed by atoms with Crippen LogP contribution in [0.2, 0.25) is 0 Å². The number of benzene rings is 1. The van der Waals surface area contributed by atoms with Crippen LogP contribution in [0.3, 0.4) is 0 Å². The maximum atomic E-state index is 9.21. The fourth-order valence-electron chi connectivity index (χ4n) is 0.960. The summed E-state index contributed by atoms with van der Waals surface area (Å²) in [5.41, 5.74) is 1.63. The first-order chi connectivity index (χ1) is 5.27. The second kappa shape index (κ2) is 2.17. The van der Waals surface area contributed by atoms with E-state index in [-0.39, 0.29) is 5.75 Å². The smallest absolute Gasteiger partial charge is 0.131 e. The average Bonchev–Trinajstić information content (AvgIpc) is 2.36. The second-order valence-corrected chi connectivity index (χ2v) is 2.74. The lowest BCUT2D eigenvalue weighted by Gasteiger charge is -1.95. The Morgan fingerprint density at radius 1 is 1.45 bits per heavy atom. The van der Waals surface area contributed by atoms with Crippen molar-refractivity contribution in [2.75, 3.05) is 0 Å². The Bertz CT molecular complexity index is 360. The molecule has 0 spiro atoms. The van der Waals surface area contributed by atoms with Gasteiger partial charge in [-0.1, -0.05) is 0 Å². The molecular weight excluding hydrogens is 160 g/mol. The van der Waals surface area contributed by atoms with Gasteiger partial charge >= 0.3 is 0 Å². The molecule has 0 atom stereocenters. The fraction of sp³-hybridized carbons (Fsp3) is 0. The van der Waals surface area contributed by atoms with Crippen molar-refractivity contribution in [2.45, 2.75) is 4.90 Å². The number of hydrogen-bond donors (Lipinski definition) is 3. The van der Waals surface area contributed by atoms with E-state index >= 15 is 0 Å². The van der Waals surface area contributed by atoms with Crippen LogP contribution in [0.25, 0.3) is 11.0 Å². The van der Waals surface area contributed by atoms with Gasteiger partial charge in [-0.3, -0.25) is 0 Å². The number of phenolic OH excluding ortho intramolecular Hbond substituents is 1. The highest BCUT2D eigenvalue weighted by Gasteiger charge is 2.00. The number of H-pyrrole nitrogens is 1. The quantitative estimate of drug-likeness (QED) is 0.520. The van der Waals surface area contributed by atoms with E-state index in [4.69, 9.17) is 0 Å². The molecule has 0 saturated carbocycles. The first kappa shape index (κ1) is 6.54. The number of aromatic hydroxyl groups is 1. The molecule has 2 aromatic rings. The van der Waals surface area contributed by atoms with Crippen molar-refractivity contribution in [1.82, 2.24) is 9.97 Å². The minimum atomic E-state index is 0.171. The standard InChI is InChI=1S/C7H6N2OS/c10-6-1-4-5(2-7(6)11)9-3-8-4/h1-3,10-11H,(H,8,9). The first-order valence-corrected chi connectivity index (χ1v) is 3.57. The summed E-state index contributed by atoms with van der Waals surface area (Å²) in [6.07, 6.45) is 1.58. The third-order valence-corrected chi connectivity index (χ3v) is 1.87. The Morgan fingerprint density at radius 3 is 3.09 bits per heavy atom. The Hall–Kier alpha value is -1.16. The van der Waals surface area contributed by atoms with Gasteiger partial charge in [0.25, 0.3) is 0 Å². The van der Waals surface area contributed by atoms with Crippen LogP contribution in [0.15, 0.2) is 23.4 Å². The highest BCUT2D eigenvalue weighted by atomic mass is 32.1. The number of hydrogen-bond acceptors (Lipinski definition) is 3. The lowest BCUT2D eigenvalue weighted by molar-refractivity contribution is 0.463. The van der Waals surface area contributed by atoms with Crippen LogP contribution >= 0.6 is 12.6 Å². The number of phenols is 1. The molecule has 1 aromatic heterocycles. The average molecular weight is 166 g/mol. The molecule has 0 radical (unpaired) electrons. The van der Waals surface area contributed by atoms with Gasteiger partial charge in [-0.2, -0.15) is 0 Å². The van der Waals surface area contributed by atoms with Gasteiger partial charge in [0.1, 0.15) is 5.75 Å². The van der Waals surface area contributed by atoms with Crippen molar-refractivity contribution in [2.24, 2.45) is 0 Å². The molecule has 4 heteroatoms. The van der Waals surface area contributed by atoms with Crippen LogP contribution in [0, 0.1) is 0 Å². The van der Waals surface area contributed by atoms with Crippen molar-refractivity contribution in [3.63, 3.8) is 0 Å². The summed E-state index contributed by atoms with van der Waals surface area (Å²) in [5.74, 6) is 0.171. The Morgan fingerprint density at radius 2 is 2.27 bits per heavy atom. The molecule has 0 bridgehead atoms. The number of fused-ring (bicyclic) bond motifs is 1. The van der Waals surface area contributed by atoms with Crippen LogP contribution in [-0.4, -0.2) is 15.1 Å². The van der Waals surface area contributed by atoms with Gasteiger partial charge in [0.15, 0.2) is 0 Å². The molecule has 0 aliphatic rings. The van der Waals surface area contributed by atoms with Gasteiger partial charge in [-0.05, 0) is 6.07 Å². The normalized spacial score (nSPS) is 10.6. The molecule has 1 heterocycles. The predicted molar refractivity (Wildman–Crippen MR) is 45.0 cm³/mol. The van der Waals surface area contributed by atoms with Crippen molar-refractivity contribution in [3.8, 4) is 5.75 Å². The van der Waals surface area contributed by atoms with Crippen LogP contribution in [-0.2, 0) is 0 Å². The van der Waals surface area contributed by atoms with E-state index in [1.807, 2.05) is 0 Å². The summed E-state index contributed by atoms with van der Waals surface area (Å²) >= 11 is 4.04. The lowest BCUT2D eigenvalue weighted by Crippen LogP contribution is -1.72. The number of rotatable bonds is 0. The maximum Gasteiger partial charge on any atom is 0.131 e. The molecule has 0 aliphatic heterocycles. The number of nitrogens with zero attached hydrogens (tertiary/aromatic N) is 1. The monoisotopic (exact) mass is 166 g/mol. The topological polar surface area (TPSA) is 48.9 Å². The summed E-state index contributed by atoms with van der Waals surface area (Å²) in [6, 6.07) is 3.31. The number of nitrogens with one attached hydrogen (secondary N) is 1. The third-order valence-electron chi connectivity index (χ3n) is 1.52. The molecule has 3 nitrogen and oxygen atoms in total. The predicted octanol–water partition coefficient (Wildman–Crippen LogP) is 1.56. The fourth-order valence-corrected chi connectivity index (χ4v) is 1.15. The van der Waals surface area contributed by atoms with Crippen LogP contribution in [0.4, 0.5) is 0 Å². The largest absolute Gasteiger partial charge is 0.507 e. The SMILES string of the molecule is Oc1cc2[nH]cnc2cc1S. The molecular formula is C7H6N2OS. The molecule has 0 amide bonds. The Labute approximate surface area is 68.5 Å². The van der Waals surface area contributed by atoms with E-state index in [2.05, 4.69) is 22.6 Å². The number of imidazole rings is 1. The molecule has 1 aromatic carbocycles. The van der Waals surface area contributed by atoms with Crippen molar-refractivity contribution < 1.29 is 5.11 Å². The Balaban J connectivity index is 2.86. The summed E-state index contributed by atoms with van der Waals surface area (Å²) in [6.45, 7) is 0. The van der Waals surface area contributed by atoms with Crippen LogP contribution in [0.5, 0.6) is 5.75 Å². The zero-order valence-corrected chi connectivity index (χ0v) is 6.47. The first-order valence-electron chi connectivity index (χ1n) is 3.12. The van der Waals surface area contributed by atoms with Crippen molar-refractivity contribution in [3.05, 3.63) is 18.5 Å². The van der Waals surface area contributed by atoms with Gasteiger partial charge in [-0.25, -0.2) is 4.98 Å². The lowest BCUT2D eigenvalue weighted by atomic mass is 10.3. The molecule has 0 unspecified atom stereocenters. The van der Waals surface area contributed by atoms with Crippen LogP contribution < -0.4 is 0 Å². The number of aromatic nitrogens is 2. The maximum absolute atomic E-state index is 9.21. The molecule has 56 valence electrons. The molecule has 0 fully saturated rings. The van der Waals surface area contributed by atoms with E-state index in [1.165, 1.54) is 0 Å². The molecule has 0 saturated heterocycles. The zero-order valence-electron chi connectivity index (χ0n) is 5.57. The highest BCUT2D eigenvalue weighted by molar-refractivity contribution is 7.80. The summed E-state index contributed by atoms with van der Waals surface area (Å²) in [7, 11) is 0. The van der Waals surface area contributed by atoms with Crippen molar-refractivity contribution >= 4 is 23.7 Å². The number of thiol groups is 1. The minimum Gasteiger partial charge on any atom is -0.507 e. The minimum absolute atomic E-state index is 0.171. The van der Waals surface area contributed by atoms with E-state index in [1.54, 1.807) is 18.5 Å². The Kier molecular flexibility index (Phi) is 1.29. The number of aromatic amines is 1. The van der Waals surface area contributed by atoms with Gasteiger partial charge in [0.05, 0.1) is 17.4 Å². The summed E-state index contributed by atoms with van der Waals surface area (Å²) in [4.78, 5) is 7.43. The zero-order chi connectivity index (χ0) is 7.84. The van der Waals surface area contributed by atoms with Gasteiger partial charge in [0.2, 0.25) is 0 Å². The van der Waals surface area contributed by atoms with E-state index in [9.17, 15) is 5.11 Å². The van der Waals surface area contributed by atoms with Gasteiger partial charge in [-0.15, -0.1) is 12.6 Å². The molecule has 11 heavy (non-hydrogen) atoms. The molecule has 2 rings (SSSR count). The summed E-state index contributed by atoms with van der Waals surface area (Å²) in [5, 5.41) is 9.21. The van der Waals surface area contributed by atoms with Crippen LogP contribution in [0.1, 0.15) is 0 Å². The van der Waals surface area contributed by atoms with Gasteiger partial charge < -0.3 is 10.1 Å². The van der Waals surface area contributed by atoms with E-state index < -0.39 is 0 Å². The highest BCUT2D eigenvalue weighted by Crippen LogP contribution is 2.25. The summed E-state index contributed by atoms with van der Waals surface area (Å²) < 4.78 is 0. The van der Waals surface area contributed by atoms with Gasteiger partial charge in [0, 0.05) is 11.0 Å². The second-order valence-electron chi connectivity index (χ2n) is 2.26. The molecule has 0 aliphatic carbocycles. The van der Waals surface area contributed by atoms with E-state index in [0.717, 1.165) is 11.0 Å². The third kappa shape index (κ3) is 0.952. The molecule has 2 N–H and O–H groups in total. The van der Waals surface area contributed by atoms with E-state index in [0.29, 0.717) is 4.90 Å².